The van der Waals surface area contributed by atoms with Crippen molar-refractivity contribution < 1.29 is 17.2 Å². The van der Waals surface area contributed by atoms with Crippen LogP contribution >= 0.6 is 0 Å². The molecule has 9 heteroatoms. The number of hydrogen-bond acceptors (Lipinski definition) is 4. The van der Waals surface area contributed by atoms with Gasteiger partial charge in [0.1, 0.15) is 21.5 Å². The first-order valence-corrected chi connectivity index (χ1v) is 10.8. The zero-order valence-corrected chi connectivity index (χ0v) is 16.0. The van der Waals surface area contributed by atoms with Gasteiger partial charge in [-0.2, -0.15) is 0 Å². The SMILES string of the molecule is CCNC(=NCCCS(C)(=O)=O)NC1CCN(c2ccc(F)cc2F)C1. The Balaban J connectivity index is 1.91. The molecule has 1 aromatic carbocycles. The number of hydrogen-bond donors (Lipinski definition) is 2. The minimum atomic E-state index is -2.98. The summed E-state index contributed by atoms with van der Waals surface area (Å²) in [6.07, 6.45) is 2.47. The summed E-state index contributed by atoms with van der Waals surface area (Å²) in [5.74, 6) is -0.424. The van der Waals surface area contributed by atoms with Crippen molar-refractivity contribution in [3.63, 3.8) is 0 Å². The van der Waals surface area contributed by atoms with Crippen LogP contribution in [0.3, 0.4) is 0 Å². The summed E-state index contributed by atoms with van der Waals surface area (Å²) < 4.78 is 49.3. The van der Waals surface area contributed by atoms with E-state index < -0.39 is 21.5 Å². The van der Waals surface area contributed by atoms with Gasteiger partial charge in [0, 0.05) is 44.5 Å². The van der Waals surface area contributed by atoms with Crippen molar-refractivity contribution >= 4 is 21.5 Å². The Morgan fingerprint density at radius 3 is 2.81 bits per heavy atom. The van der Waals surface area contributed by atoms with Crippen LogP contribution in [0, 0.1) is 11.6 Å². The van der Waals surface area contributed by atoms with Gasteiger partial charge in [-0.15, -0.1) is 0 Å². The number of sulfone groups is 1. The number of anilines is 1. The van der Waals surface area contributed by atoms with E-state index in [4.69, 9.17) is 0 Å². The Labute approximate surface area is 153 Å². The van der Waals surface area contributed by atoms with Crippen molar-refractivity contribution in [2.45, 2.75) is 25.8 Å². The highest BCUT2D eigenvalue weighted by Crippen LogP contribution is 2.24. The molecule has 1 saturated heterocycles. The van der Waals surface area contributed by atoms with E-state index in [1.165, 1.54) is 18.4 Å². The first-order chi connectivity index (χ1) is 12.3. The van der Waals surface area contributed by atoms with Crippen LogP contribution in [0.5, 0.6) is 0 Å². The minimum absolute atomic E-state index is 0.0761. The molecule has 26 heavy (non-hydrogen) atoms. The van der Waals surface area contributed by atoms with E-state index in [2.05, 4.69) is 15.6 Å². The van der Waals surface area contributed by atoms with Crippen LogP contribution in [0.15, 0.2) is 23.2 Å². The lowest BCUT2D eigenvalue weighted by Crippen LogP contribution is -2.44. The average Bonchev–Trinajstić information content (AvgIpc) is 2.99. The lowest BCUT2D eigenvalue weighted by molar-refractivity contribution is 0.580. The molecule has 0 amide bonds. The highest BCUT2D eigenvalue weighted by atomic mass is 32.2. The molecular weight excluding hydrogens is 362 g/mol. The molecule has 1 fully saturated rings. The van der Waals surface area contributed by atoms with E-state index >= 15 is 0 Å². The smallest absolute Gasteiger partial charge is 0.191 e. The number of nitrogens with one attached hydrogen (secondary N) is 2. The fourth-order valence-electron chi connectivity index (χ4n) is 2.87. The van der Waals surface area contributed by atoms with Gasteiger partial charge in [0.2, 0.25) is 0 Å². The fraction of sp³-hybridized carbons (Fsp3) is 0.588. The summed E-state index contributed by atoms with van der Waals surface area (Å²) in [4.78, 5) is 6.27. The zero-order chi connectivity index (χ0) is 19.2. The van der Waals surface area contributed by atoms with Gasteiger partial charge in [-0.25, -0.2) is 17.2 Å². The van der Waals surface area contributed by atoms with Crippen LogP contribution < -0.4 is 15.5 Å². The molecule has 1 unspecified atom stereocenters. The Morgan fingerprint density at radius 2 is 2.15 bits per heavy atom. The predicted octanol–water partition coefficient (Wildman–Crippen LogP) is 1.53. The number of nitrogens with zero attached hydrogens (tertiary/aromatic N) is 2. The number of benzene rings is 1. The molecule has 146 valence electrons. The first kappa shape index (κ1) is 20.4. The normalized spacial score (nSPS) is 18.2. The molecule has 2 rings (SSSR count). The van der Waals surface area contributed by atoms with Crippen LogP contribution in [0.1, 0.15) is 19.8 Å². The first-order valence-electron chi connectivity index (χ1n) is 8.71. The Hall–Kier alpha value is -1.90. The lowest BCUT2D eigenvalue weighted by Gasteiger charge is -2.21. The Morgan fingerprint density at radius 1 is 1.38 bits per heavy atom. The van der Waals surface area contributed by atoms with Crippen LogP contribution in [0.2, 0.25) is 0 Å². The quantitative estimate of drug-likeness (QED) is 0.421. The van der Waals surface area contributed by atoms with Crippen LogP contribution in [-0.4, -0.2) is 58.6 Å². The Bertz CT molecular complexity index is 740. The van der Waals surface area contributed by atoms with Crippen LogP contribution in [0.4, 0.5) is 14.5 Å². The lowest BCUT2D eigenvalue weighted by atomic mass is 10.2. The van der Waals surface area contributed by atoms with Gasteiger partial charge in [-0.05, 0) is 31.9 Å². The second-order valence-electron chi connectivity index (χ2n) is 6.42. The molecule has 0 radical (unpaired) electrons. The van der Waals surface area contributed by atoms with Crippen molar-refractivity contribution in [2.75, 3.05) is 43.1 Å². The molecule has 0 aromatic heterocycles. The molecule has 0 saturated carbocycles. The van der Waals surface area contributed by atoms with Crippen molar-refractivity contribution in [1.82, 2.24) is 10.6 Å². The standard InChI is InChI=1S/C17H26F2N4O2S/c1-3-20-17(21-8-4-10-26(2,24)25)22-14-7-9-23(12-14)16-6-5-13(18)11-15(16)19/h5-6,11,14H,3-4,7-10,12H2,1-2H3,(H2,20,21,22). The fourth-order valence-corrected chi connectivity index (χ4v) is 3.52. The maximum atomic E-state index is 13.9. The highest BCUT2D eigenvalue weighted by Gasteiger charge is 2.25. The molecule has 0 spiro atoms. The molecule has 0 aliphatic carbocycles. The van der Waals surface area contributed by atoms with Crippen LogP contribution in [0.25, 0.3) is 0 Å². The second-order valence-corrected chi connectivity index (χ2v) is 8.68. The van der Waals surface area contributed by atoms with Crippen molar-refractivity contribution in [1.29, 1.82) is 0 Å². The number of guanidine groups is 1. The molecule has 1 heterocycles. The molecular formula is C17H26F2N4O2S. The third-order valence-corrected chi connectivity index (χ3v) is 5.10. The van der Waals surface area contributed by atoms with E-state index in [0.717, 1.165) is 12.5 Å². The van der Waals surface area contributed by atoms with Gasteiger partial charge in [-0.3, -0.25) is 4.99 Å². The van der Waals surface area contributed by atoms with Gasteiger partial charge < -0.3 is 15.5 Å². The largest absolute Gasteiger partial charge is 0.367 e. The molecule has 6 nitrogen and oxygen atoms in total. The molecule has 0 bridgehead atoms. The molecule has 1 atom stereocenters. The second kappa shape index (κ2) is 9.16. The van der Waals surface area contributed by atoms with Gasteiger partial charge in [0.25, 0.3) is 0 Å². The summed E-state index contributed by atoms with van der Waals surface area (Å²) in [7, 11) is -2.98. The predicted molar refractivity (Wildman–Crippen MR) is 100 cm³/mol. The van der Waals surface area contributed by atoms with E-state index in [9.17, 15) is 17.2 Å². The van der Waals surface area contributed by atoms with E-state index in [1.54, 1.807) is 0 Å². The van der Waals surface area contributed by atoms with Gasteiger partial charge in [-0.1, -0.05) is 0 Å². The zero-order valence-electron chi connectivity index (χ0n) is 15.1. The van der Waals surface area contributed by atoms with Crippen molar-refractivity contribution in [3.05, 3.63) is 29.8 Å². The molecule has 1 aliphatic heterocycles. The average molecular weight is 388 g/mol. The summed E-state index contributed by atoms with van der Waals surface area (Å²) >= 11 is 0. The maximum absolute atomic E-state index is 13.9. The summed E-state index contributed by atoms with van der Waals surface area (Å²) in [6.45, 7) is 4.28. The monoisotopic (exact) mass is 388 g/mol. The maximum Gasteiger partial charge on any atom is 0.191 e. The van der Waals surface area contributed by atoms with E-state index in [1.807, 2.05) is 11.8 Å². The van der Waals surface area contributed by atoms with Gasteiger partial charge in [0.05, 0.1) is 11.4 Å². The third kappa shape index (κ3) is 6.44. The minimum Gasteiger partial charge on any atom is -0.367 e. The highest BCUT2D eigenvalue weighted by molar-refractivity contribution is 7.90. The van der Waals surface area contributed by atoms with E-state index in [-0.39, 0.29) is 11.8 Å². The van der Waals surface area contributed by atoms with Crippen molar-refractivity contribution in [3.8, 4) is 0 Å². The van der Waals surface area contributed by atoms with Gasteiger partial charge >= 0.3 is 0 Å². The van der Waals surface area contributed by atoms with Gasteiger partial charge in [0.15, 0.2) is 5.96 Å². The van der Waals surface area contributed by atoms with Crippen LogP contribution in [-0.2, 0) is 9.84 Å². The Kier molecular flexibility index (Phi) is 7.19. The molecule has 1 aliphatic rings. The molecule has 2 N–H and O–H groups in total. The van der Waals surface area contributed by atoms with Crippen molar-refractivity contribution in [2.24, 2.45) is 4.99 Å². The number of aliphatic imine (C=N–C) groups is 1. The summed E-state index contributed by atoms with van der Waals surface area (Å²) in [5.41, 5.74) is 0.394. The summed E-state index contributed by atoms with van der Waals surface area (Å²) in [6, 6.07) is 3.68. The topological polar surface area (TPSA) is 73.8 Å². The van der Waals surface area contributed by atoms with E-state index in [0.29, 0.717) is 44.2 Å². The third-order valence-electron chi connectivity index (χ3n) is 4.07. The number of rotatable bonds is 7. The summed E-state index contributed by atoms with van der Waals surface area (Å²) in [5, 5.41) is 6.42. The number of halogens is 2. The molecule has 1 aromatic rings.